The zero-order valence-electron chi connectivity index (χ0n) is 11.5. The second-order valence-electron chi connectivity index (χ2n) is 4.66. The van der Waals surface area contributed by atoms with Crippen molar-refractivity contribution in [1.29, 1.82) is 0 Å². The Labute approximate surface area is 125 Å². The van der Waals surface area contributed by atoms with E-state index < -0.39 is 0 Å². The van der Waals surface area contributed by atoms with Crippen molar-refractivity contribution in [3.05, 3.63) is 28.7 Å². The molecule has 20 heavy (non-hydrogen) atoms. The lowest BCUT2D eigenvalue weighted by molar-refractivity contribution is 0.337. The highest BCUT2D eigenvalue weighted by Crippen LogP contribution is 2.37. The van der Waals surface area contributed by atoms with E-state index in [0.717, 1.165) is 34.7 Å². The van der Waals surface area contributed by atoms with E-state index in [1.165, 1.54) is 4.88 Å². The monoisotopic (exact) mass is 304 g/mol. The Bertz CT molecular complexity index is 718. The molecular formula is C14H16N4S2. The lowest BCUT2D eigenvalue weighted by Gasteiger charge is -2.12. The van der Waals surface area contributed by atoms with Crippen molar-refractivity contribution in [2.45, 2.75) is 13.5 Å². The first-order valence-electron chi connectivity index (χ1n) is 6.45. The Hall–Kier alpha value is -1.50. The molecule has 0 aliphatic rings. The van der Waals surface area contributed by atoms with Crippen LogP contribution in [0.2, 0.25) is 0 Å². The van der Waals surface area contributed by atoms with Gasteiger partial charge in [-0.05, 0) is 25.0 Å². The van der Waals surface area contributed by atoms with Gasteiger partial charge in [0, 0.05) is 15.8 Å². The number of nitrogens with two attached hydrogens (primary N) is 1. The van der Waals surface area contributed by atoms with Crippen LogP contribution in [-0.2, 0) is 6.54 Å². The molecular weight excluding hydrogens is 288 g/mol. The lowest BCUT2D eigenvalue weighted by atomic mass is 10.2. The first kappa shape index (κ1) is 13.5. The molecule has 0 saturated carbocycles. The molecule has 3 aromatic rings. The molecule has 0 fully saturated rings. The third-order valence-electron chi connectivity index (χ3n) is 3.25. The van der Waals surface area contributed by atoms with Gasteiger partial charge >= 0.3 is 0 Å². The third kappa shape index (κ3) is 2.42. The zero-order valence-corrected chi connectivity index (χ0v) is 13.1. The number of hydrogen-bond acceptors (Lipinski definition) is 6. The van der Waals surface area contributed by atoms with Crippen molar-refractivity contribution in [3.63, 3.8) is 0 Å². The summed E-state index contributed by atoms with van der Waals surface area (Å²) in [6.07, 6.45) is 0. The maximum atomic E-state index is 6.17. The largest absolute Gasteiger partial charge is 0.383 e. The molecule has 104 valence electrons. The van der Waals surface area contributed by atoms with E-state index >= 15 is 0 Å². The standard InChI is InChI=1S/C14H16N4S2/c1-3-18(2)7-11-16-13(15)12-9(8-20-14(12)17-11)10-5-4-6-19-10/h4-6,8H,3,7H2,1-2H3,(H2,15,16,17). The number of rotatable bonds is 4. The number of aromatic nitrogens is 2. The minimum atomic E-state index is 0.583. The fourth-order valence-corrected chi connectivity index (χ4v) is 3.84. The summed E-state index contributed by atoms with van der Waals surface area (Å²) in [6, 6.07) is 4.15. The van der Waals surface area contributed by atoms with Gasteiger partial charge in [0.15, 0.2) is 0 Å². The van der Waals surface area contributed by atoms with Gasteiger partial charge in [0.1, 0.15) is 16.5 Å². The second kappa shape index (κ2) is 5.47. The molecule has 3 aromatic heterocycles. The first-order valence-corrected chi connectivity index (χ1v) is 8.21. The maximum absolute atomic E-state index is 6.17. The Morgan fingerprint density at radius 3 is 2.85 bits per heavy atom. The number of fused-ring (bicyclic) bond motifs is 1. The summed E-state index contributed by atoms with van der Waals surface area (Å²) in [7, 11) is 2.05. The Balaban J connectivity index is 2.07. The van der Waals surface area contributed by atoms with Gasteiger partial charge in [-0.2, -0.15) is 0 Å². The highest BCUT2D eigenvalue weighted by Gasteiger charge is 2.14. The van der Waals surface area contributed by atoms with Gasteiger partial charge in [-0.25, -0.2) is 9.97 Å². The summed E-state index contributed by atoms with van der Waals surface area (Å²) in [5.74, 6) is 1.37. The first-order chi connectivity index (χ1) is 9.69. The van der Waals surface area contributed by atoms with Crippen LogP contribution < -0.4 is 5.73 Å². The molecule has 0 aliphatic carbocycles. The van der Waals surface area contributed by atoms with Gasteiger partial charge in [-0.15, -0.1) is 22.7 Å². The molecule has 0 amide bonds. The van der Waals surface area contributed by atoms with E-state index in [1.54, 1.807) is 22.7 Å². The van der Waals surface area contributed by atoms with Crippen molar-refractivity contribution in [3.8, 4) is 10.4 Å². The van der Waals surface area contributed by atoms with Crippen LogP contribution in [0.1, 0.15) is 12.7 Å². The number of nitrogens with zero attached hydrogens (tertiary/aromatic N) is 3. The topological polar surface area (TPSA) is 55.0 Å². The SMILES string of the molecule is CCN(C)Cc1nc(N)c2c(-c3cccs3)csc2n1. The minimum Gasteiger partial charge on any atom is -0.383 e. The van der Waals surface area contributed by atoms with Crippen LogP contribution in [0.25, 0.3) is 20.7 Å². The predicted molar refractivity (Wildman–Crippen MR) is 87.1 cm³/mol. The van der Waals surface area contributed by atoms with Gasteiger partial charge in [0.05, 0.1) is 11.9 Å². The molecule has 0 radical (unpaired) electrons. The van der Waals surface area contributed by atoms with Crippen molar-refractivity contribution >= 4 is 38.7 Å². The average molecular weight is 304 g/mol. The minimum absolute atomic E-state index is 0.583. The lowest BCUT2D eigenvalue weighted by Crippen LogP contribution is -2.18. The van der Waals surface area contributed by atoms with Gasteiger partial charge in [0.2, 0.25) is 0 Å². The fourth-order valence-electron chi connectivity index (χ4n) is 2.05. The Kier molecular flexibility index (Phi) is 3.69. The van der Waals surface area contributed by atoms with Crippen LogP contribution in [0, 0.1) is 0 Å². The molecule has 6 heteroatoms. The highest BCUT2D eigenvalue weighted by molar-refractivity contribution is 7.18. The summed E-state index contributed by atoms with van der Waals surface area (Å²) < 4.78 is 0. The molecule has 2 N–H and O–H groups in total. The van der Waals surface area contributed by atoms with Crippen molar-refractivity contribution in [2.24, 2.45) is 0 Å². The molecule has 0 aromatic carbocycles. The van der Waals surface area contributed by atoms with E-state index in [2.05, 4.69) is 45.7 Å². The number of thiophene rings is 2. The van der Waals surface area contributed by atoms with E-state index in [-0.39, 0.29) is 0 Å². The van der Waals surface area contributed by atoms with Crippen LogP contribution in [-0.4, -0.2) is 28.5 Å². The number of nitrogen functional groups attached to an aromatic ring is 1. The third-order valence-corrected chi connectivity index (χ3v) is 5.02. The molecule has 0 atom stereocenters. The Morgan fingerprint density at radius 2 is 2.15 bits per heavy atom. The molecule has 4 nitrogen and oxygen atoms in total. The van der Waals surface area contributed by atoms with Gasteiger partial charge < -0.3 is 5.73 Å². The normalized spacial score (nSPS) is 11.6. The second-order valence-corrected chi connectivity index (χ2v) is 6.47. The van der Waals surface area contributed by atoms with Crippen molar-refractivity contribution in [1.82, 2.24) is 14.9 Å². The predicted octanol–water partition coefficient (Wildman–Crippen LogP) is 3.45. The zero-order chi connectivity index (χ0) is 14.1. The van der Waals surface area contributed by atoms with E-state index in [0.29, 0.717) is 5.82 Å². The highest BCUT2D eigenvalue weighted by atomic mass is 32.1. The van der Waals surface area contributed by atoms with Crippen LogP contribution in [0.5, 0.6) is 0 Å². The number of anilines is 1. The fraction of sp³-hybridized carbons (Fsp3) is 0.286. The van der Waals surface area contributed by atoms with Crippen molar-refractivity contribution in [2.75, 3.05) is 19.3 Å². The quantitative estimate of drug-likeness (QED) is 0.802. The molecule has 0 saturated heterocycles. The summed E-state index contributed by atoms with van der Waals surface area (Å²) in [6.45, 7) is 3.80. The molecule has 0 bridgehead atoms. The average Bonchev–Trinajstić information content (AvgIpc) is 3.06. The van der Waals surface area contributed by atoms with Gasteiger partial charge in [-0.3, -0.25) is 4.90 Å². The van der Waals surface area contributed by atoms with Crippen LogP contribution in [0.15, 0.2) is 22.9 Å². The molecule has 0 unspecified atom stereocenters. The van der Waals surface area contributed by atoms with Gasteiger partial charge in [0.25, 0.3) is 0 Å². The van der Waals surface area contributed by atoms with Crippen LogP contribution in [0.4, 0.5) is 5.82 Å². The maximum Gasteiger partial charge on any atom is 0.146 e. The van der Waals surface area contributed by atoms with E-state index in [1.807, 2.05) is 6.07 Å². The summed E-state index contributed by atoms with van der Waals surface area (Å²) in [4.78, 5) is 13.5. The summed E-state index contributed by atoms with van der Waals surface area (Å²) in [5, 5.41) is 5.18. The Morgan fingerprint density at radius 1 is 1.30 bits per heavy atom. The summed E-state index contributed by atoms with van der Waals surface area (Å²) >= 11 is 3.34. The summed E-state index contributed by atoms with van der Waals surface area (Å²) in [5.41, 5.74) is 7.31. The van der Waals surface area contributed by atoms with Gasteiger partial charge in [-0.1, -0.05) is 13.0 Å². The van der Waals surface area contributed by atoms with Crippen LogP contribution >= 0.6 is 22.7 Å². The van der Waals surface area contributed by atoms with E-state index in [9.17, 15) is 0 Å². The van der Waals surface area contributed by atoms with E-state index in [4.69, 9.17) is 5.73 Å². The molecule has 3 rings (SSSR count). The molecule has 0 spiro atoms. The smallest absolute Gasteiger partial charge is 0.146 e. The number of hydrogen-bond donors (Lipinski definition) is 1. The molecule has 3 heterocycles. The molecule has 0 aliphatic heterocycles. The van der Waals surface area contributed by atoms with Crippen molar-refractivity contribution < 1.29 is 0 Å². The van der Waals surface area contributed by atoms with Crippen LogP contribution in [0.3, 0.4) is 0 Å².